The highest BCUT2D eigenvalue weighted by Crippen LogP contribution is 2.40. The van der Waals surface area contributed by atoms with Gasteiger partial charge in [0.2, 0.25) is 0 Å². The maximum Gasteiger partial charge on any atom is 0.358 e. The normalized spacial score (nSPS) is 19.2. The molecule has 6 heteroatoms. The van der Waals surface area contributed by atoms with Crippen molar-refractivity contribution < 1.29 is 14.6 Å². The lowest BCUT2D eigenvalue weighted by Gasteiger charge is -2.31. The molecule has 0 bridgehead atoms. The zero-order valence-corrected chi connectivity index (χ0v) is 12.8. The van der Waals surface area contributed by atoms with Crippen LogP contribution in [0.1, 0.15) is 34.7 Å². The van der Waals surface area contributed by atoms with E-state index in [-0.39, 0.29) is 6.61 Å². The molecule has 1 aromatic carbocycles. The lowest BCUT2D eigenvalue weighted by molar-refractivity contribution is -0.0386. The second-order valence-electron chi connectivity index (χ2n) is 6.20. The number of aliphatic hydroxyl groups is 1. The number of fused-ring (bicyclic) bond motifs is 1. The molecule has 1 aromatic heterocycles. The maximum absolute atomic E-state index is 12.2. The van der Waals surface area contributed by atoms with Gasteiger partial charge >= 0.3 is 5.97 Å². The third-order valence-corrected chi connectivity index (χ3v) is 4.51. The van der Waals surface area contributed by atoms with Gasteiger partial charge in [0.05, 0.1) is 6.54 Å². The first-order valence-electron chi connectivity index (χ1n) is 7.89. The third-order valence-electron chi connectivity index (χ3n) is 4.51. The van der Waals surface area contributed by atoms with E-state index in [0.717, 1.165) is 37.3 Å². The van der Waals surface area contributed by atoms with Gasteiger partial charge in [0, 0.05) is 19.3 Å². The first-order valence-corrected chi connectivity index (χ1v) is 7.89. The molecule has 0 amide bonds. The number of imidazole rings is 1. The van der Waals surface area contributed by atoms with Gasteiger partial charge in [-0.2, -0.15) is 0 Å². The van der Waals surface area contributed by atoms with Crippen LogP contribution < -0.4 is 0 Å². The Morgan fingerprint density at radius 1 is 1.26 bits per heavy atom. The Hall–Kier alpha value is -2.18. The molecule has 2 aromatic rings. The molecule has 1 aliphatic heterocycles. The van der Waals surface area contributed by atoms with Crippen molar-refractivity contribution in [2.45, 2.75) is 38.3 Å². The average Bonchev–Trinajstić information content (AvgIpc) is 3.19. The first kappa shape index (κ1) is 14.4. The van der Waals surface area contributed by atoms with E-state index < -0.39 is 11.7 Å². The minimum absolute atomic E-state index is 0.244. The van der Waals surface area contributed by atoms with E-state index in [2.05, 4.69) is 4.98 Å². The summed E-state index contributed by atoms with van der Waals surface area (Å²) in [4.78, 5) is 18.6. The molecule has 2 aliphatic rings. The van der Waals surface area contributed by atoms with E-state index in [0.29, 0.717) is 12.2 Å². The summed E-state index contributed by atoms with van der Waals surface area (Å²) in [7, 11) is 0. The van der Waals surface area contributed by atoms with Gasteiger partial charge in [-0.1, -0.05) is 30.3 Å². The summed E-state index contributed by atoms with van der Waals surface area (Å²) in [5, 5.41) is 10.2. The fourth-order valence-electron chi connectivity index (χ4n) is 2.93. The van der Waals surface area contributed by atoms with Crippen LogP contribution in [0, 0.1) is 0 Å². The van der Waals surface area contributed by atoms with Crippen LogP contribution >= 0.6 is 0 Å². The van der Waals surface area contributed by atoms with E-state index in [1.54, 1.807) is 6.20 Å². The lowest BCUT2D eigenvalue weighted by atomic mass is 10.2. The molecule has 1 aliphatic carbocycles. The van der Waals surface area contributed by atoms with Gasteiger partial charge < -0.3 is 14.4 Å². The summed E-state index contributed by atoms with van der Waals surface area (Å²) < 4.78 is 7.29. The van der Waals surface area contributed by atoms with Gasteiger partial charge in [-0.25, -0.2) is 9.78 Å². The lowest BCUT2D eigenvalue weighted by Crippen LogP contribution is -2.42. The second-order valence-corrected chi connectivity index (χ2v) is 6.20. The van der Waals surface area contributed by atoms with E-state index in [9.17, 15) is 9.90 Å². The Kier molecular flexibility index (Phi) is 3.43. The fourth-order valence-corrected chi connectivity index (χ4v) is 2.93. The van der Waals surface area contributed by atoms with E-state index in [1.165, 1.54) is 0 Å². The van der Waals surface area contributed by atoms with Crippen LogP contribution in [0.3, 0.4) is 0 Å². The van der Waals surface area contributed by atoms with Crippen LogP contribution in [-0.4, -0.2) is 37.8 Å². The Labute approximate surface area is 134 Å². The molecular weight excluding hydrogens is 294 g/mol. The molecular formula is C17H19N3O3. The standard InChI is InChI=1S/C17H19N3O3/c21-16(23-12-13-4-2-1-3-5-13)14-10-19-8-9-20(11-15(19)18-14)17(22)6-7-17/h1-5,10,22H,6-9,11-12H2. The number of rotatable bonds is 4. The largest absolute Gasteiger partial charge is 0.456 e. The SMILES string of the molecule is O=C(OCc1ccccc1)c1cn2c(n1)CN(C1(O)CC1)CC2. The average molecular weight is 313 g/mol. The summed E-state index contributed by atoms with van der Waals surface area (Å²) in [6.07, 6.45) is 3.39. The number of carbonyl (C=O) groups is 1. The quantitative estimate of drug-likeness (QED) is 0.867. The van der Waals surface area contributed by atoms with Crippen LogP contribution in [-0.2, 0) is 24.4 Å². The molecule has 1 fully saturated rings. The van der Waals surface area contributed by atoms with Crippen LogP contribution in [0.25, 0.3) is 0 Å². The summed E-state index contributed by atoms with van der Waals surface area (Å²) in [5.74, 6) is 0.399. The zero-order valence-electron chi connectivity index (χ0n) is 12.8. The summed E-state index contributed by atoms with van der Waals surface area (Å²) in [6, 6.07) is 9.58. The van der Waals surface area contributed by atoms with Crippen molar-refractivity contribution in [1.82, 2.24) is 14.5 Å². The highest BCUT2D eigenvalue weighted by atomic mass is 16.5. The van der Waals surface area contributed by atoms with Gasteiger partial charge in [0.25, 0.3) is 0 Å². The van der Waals surface area contributed by atoms with Crippen LogP contribution in [0.4, 0.5) is 0 Å². The van der Waals surface area contributed by atoms with Gasteiger partial charge in [-0.15, -0.1) is 0 Å². The van der Waals surface area contributed by atoms with E-state index in [1.807, 2.05) is 39.8 Å². The van der Waals surface area contributed by atoms with Crippen molar-refractivity contribution in [3.05, 3.63) is 53.6 Å². The third kappa shape index (κ3) is 2.87. The van der Waals surface area contributed by atoms with E-state index >= 15 is 0 Å². The molecule has 2 heterocycles. The number of nitrogens with zero attached hydrogens (tertiary/aromatic N) is 3. The molecule has 0 atom stereocenters. The molecule has 0 saturated heterocycles. The van der Waals surface area contributed by atoms with Crippen molar-refractivity contribution in [2.75, 3.05) is 6.54 Å². The topological polar surface area (TPSA) is 67.6 Å². The number of ether oxygens (including phenoxy) is 1. The van der Waals surface area contributed by atoms with Gasteiger partial charge in [0.15, 0.2) is 5.69 Å². The predicted molar refractivity (Wildman–Crippen MR) is 82.4 cm³/mol. The smallest absolute Gasteiger partial charge is 0.358 e. The molecule has 120 valence electrons. The van der Waals surface area contributed by atoms with Crippen LogP contribution in [0.15, 0.2) is 36.5 Å². The van der Waals surface area contributed by atoms with Crippen molar-refractivity contribution in [3.63, 3.8) is 0 Å². The minimum atomic E-state index is -0.648. The van der Waals surface area contributed by atoms with Gasteiger partial charge in [-0.05, 0) is 18.4 Å². The van der Waals surface area contributed by atoms with Crippen molar-refractivity contribution in [2.24, 2.45) is 0 Å². The Balaban J connectivity index is 1.42. The summed E-state index contributed by atoms with van der Waals surface area (Å²) >= 11 is 0. The van der Waals surface area contributed by atoms with Crippen LogP contribution in [0.2, 0.25) is 0 Å². The minimum Gasteiger partial charge on any atom is -0.456 e. The molecule has 0 radical (unpaired) electrons. The molecule has 6 nitrogen and oxygen atoms in total. The Morgan fingerprint density at radius 2 is 2.04 bits per heavy atom. The second kappa shape index (κ2) is 5.47. The first-order chi connectivity index (χ1) is 11.1. The number of hydrogen-bond acceptors (Lipinski definition) is 5. The number of benzene rings is 1. The highest BCUT2D eigenvalue weighted by molar-refractivity contribution is 5.87. The molecule has 0 spiro atoms. The number of esters is 1. The van der Waals surface area contributed by atoms with Crippen molar-refractivity contribution in [1.29, 1.82) is 0 Å². The molecule has 4 rings (SSSR count). The molecule has 23 heavy (non-hydrogen) atoms. The maximum atomic E-state index is 12.2. The van der Waals surface area contributed by atoms with Crippen LogP contribution in [0.5, 0.6) is 0 Å². The predicted octanol–water partition coefficient (Wildman–Crippen LogP) is 1.54. The van der Waals surface area contributed by atoms with Crippen molar-refractivity contribution >= 4 is 5.97 Å². The Morgan fingerprint density at radius 3 is 2.78 bits per heavy atom. The Bertz CT molecular complexity index is 722. The number of aromatic nitrogens is 2. The number of carbonyl (C=O) groups excluding carboxylic acids is 1. The van der Waals surface area contributed by atoms with Gasteiger partial charge in [0.1, 0.15) is 18.2 Å². The molecule has 0 unspecified atom stereocenters. The molecule has 1 saturated carbocycles. The summed E-state index contributed by atoms with van der Waals surface area (Å²) in [5.41, 5.74) is 0.637. The summed E-state index contributed by atoms with van der Waals surface area (Å²) in [6.45, 7) is 2.32. The van der Waals surface area contributed by atoms with Crippen molar-refractivity contribution in [3.8, 4) is 0 Å². The number of hydrogen-bond donors (Lipinski definition) is 1. The molecule has 1 N–H and O–H groups in total. The monoisotopic (exact) mass is 313 g/mol. The zero-order chi connectivity index (χ0) is 15.9. The highest BCUT2D eigenvalue weighted by Gasteiger charge is 2.47. The fraction of sp³-hybridized carbons (Fsp3) is 0.412. The van der Waals surface area contributed by atoms with E-state index in [4.69, 9.17) is 4.74 Å². The van der Waals surface area contributed by atoms with Gasteiger partial charge in [-0.3, -0.25) is 4.90 Å².